The number of hydrogen-bond acceptors (Lipinski definition) is 3. The summed E-state index contributed by atoms with van der Waals surface area (Å²) in [6.07, 6.45) is 3.34. The van der Waals surface area contributed by atoms with E-state index >= 15 is 0 Å². The van der Waals surface area contributed by atoms with E-state index in [0.717, 1.165) is 25.7 Å². The van der Waals surface area contributed by atoms with E-state index in [0.29, 0.717) is 4.47 Å². The number of benzene rings is 1. The van der Waals surface area contributed by atoms with E-state index < -0.39 is 20.3 Å². The van der Waals surface area contributed by atoms with Crippen molar-refractivity contribution < 1.29 is 17.5 Å². The molecule has 0 N–H and O–H groups in total. The van der Waals surface area contributed by atoms with Gasteiger partial charge < -0.3 is 4.74 Å². The van der Waals surface area contributed by atoms with E-state index in [1.165, 1.54) is 12.1 Å². The predicted molar refractivity (Wildman–Crippen MR) is 80.1 cm³/mol. The van der Waals surface area contributed by atoms with Crippen molar-refractivity contribution in [2.45, 2.75) is 25.7 Å². The molecule has 0 radical (unpaired) electrons. The summed E-state index contributed by atoms with van der Waals surface area (Å²) in [6, 6.07) is 4.42. The third-order valence-corrected chi connectivity index (χ3v) is 5.35. The van der Waals surface area contributed by atoms with Crippen molar-refractivity contribution in [3.63, 3.8) is 0 Å². The Morgan fingerprint density at radius 2 is 2.00 bits per heavy atom. The summed E-state index contributed by atoms with van der Waals surface area (Å²) < 4.78 is 42.6. The van der Waals surface area contributed by atoms with Gasteiger partial charge in [0.25, 0.3) is 0 Å². The highest BCUT2D eigenvalue weighted by Crippen LogP contribution is 2.40. The van der Waals surface area contributed by atoms with E-state index in [1.807, 2.05) is 0 Å². The average Bonchev–Trinajstić information content (AvgIpc) is 2.77. The first-order valence-corrected chi connectivity index (χ1v) is 9.57. The first-order chi connectivity index (χ1) is 9.30. The van der Waals surface area contributed by atoms with Gasteiger partial charge in [0.05, 0.1) is 12.4 Å². The molecular formula is C13H15BrClFO3S. The van der Waals surface area contributed by atoms with E-state index in [9.17, 15) is 12.8 Å². The fourth-order valence-corrected chi connectivity index (χ4v) is 4.78. The molecule has 1 saturated carbocycles. The Morgan fingerprint density at radius 1 is 1.35 bits per heavy atom. The monoisotopic (exact) mass is 384 g/mol. The SMILES string of the molecule is O=S(=O)(Cl)CC1(COc2cc(Br)ccc2F)CCCC1. The zero-order valence-electron chi connectivity index (χ0n) is 10.7. The van der Waals surface area contributed by atoms with Crippen LogP contribution in [0.15, 0.2) is 22.7 Å². The number of ether oxygens (including phenoxy) is 1. The first kappa shape index (κ1) is 16.0. The molecule has 0 aliphatic heterocycles. The Hall–Kier alpha value is -0.330. The summed E-state index contributed by atoms with van der Waals surface area (Å²) in [5.41, 5.74) is -0.505. The lowest BCUT2D eigenvalue weighted by Gasteiger charge is -2.27. The van der Waals surface area contributed by atoms with Gasteiger partial charge in [-0.15, -0.1) is 0 Å². The van der Waals surface area contributed by atoms with Crippen molar-refractivity contribution in [2.24, 2.45) is 5.41 Å². The summed E-state index contributed by atoms with van der Waals surface area (Å²) in [4.78, 5) is 0. The molecule has 1 aromatic carbocycles. The standard InChI is InChI=1S/C13H15BrClFO3S/c14-10-3-4-11(16)12(7-10)19-8-13(5-1-2-6-13)9-20(15,17)18/h3-4,7H,1-2,5-6,8-9H2. The van der Waals surface area contributed by atoms with Gasteiger partial charge in [0.2, 0.25) is 9.05 Å². The molecule has 0 heterocycles. The van der Waals surface area contributed by atoms with Crippen LogP contribution in [-0.4, -0.2) is 20.8 Å². The summed E-state index contributed by atoms with van der Waals surface area (Å²) in [5.74, 6) is -0.468. The fraction of sp³-hybridized carbons (Fsp3) is 0.538. The van der Waals surface area contributed by atoms with Gasteiger partial charge in [0.1, 0.15) is 0 Å². The van der Waals surface area contributed by atoms with Gasteiger partial charge in [-0.3, -0.25) is 0 Å². The Morgan fingerprint density at radius 3 is 2.60 bits per heavy atom. The molecule has 2 rings (SSSR count). The van der Waals surface area contributed by atoms with Crippen LogP contribution in [0.2, 0.25) is 0 Å². The summed E-state index contributed by atoms with van der Waals surface area (Å²) in [5, 5.41) is 0. The van der Waals surface area contributed by atoms with Gasteiger partial charge in [-0.25, -0.2) is 12.8 Å². The lowest BCUT2D eigenvalue weighted by Crippen LogP contribution is -2.32. The lowest BCUT2D eigenvalue weighted by atomic mass is 9.90. The molecule has 0 spiro atoms. The quantitative estimate of drug-likeness (QED) is 0.717. The van der Waals surface area contributed by atoms with Crippen LogP contribution in [0, 0.1) is 11.2 Å². The Balaban J connectivity index is 2.11. The van der Waals surface area contributed by atoms with Crippen molar-refractivity contribution in [3.8, 4) is 5.75 Å². The van der Waals surface area contributed by atoms with Crippen LogP contribution >= 0.6 is 26.6 Å². The molecule has 0 atom stereocenters. The molecule has 0 unspecified atom stereocenters. The molecule has 1 aliphatic carbocycles. The van der Waals surface area contributed by atoms with Crippen molar-refractivity contribution >= 4 is 35.7 Å². The van der Waals surface area contributed by atoms with Crippen LogP contribution in [-0.2, 0) is 9.05 Å². The third-order valence-electron chi connectivity index (χ3n) is 3.57. The van der Waals surface area contributed by atoms with Gasteiger partial charge in [-0.05, 0) is 31.0 Å². The lowest BCUT2D eigenvalue weighted by molar-refractivity contribution is 0.165. The summed E-state index contributed by atoms with van der Waals surface area (Å²) in [7, 11) is 1.78. The van der Waals surface area contributed by atoms with Crippen LogP contribution < -0.4 is 4.74 Å². The normalized spacial score (nSPS) is 18.1. The molecule has 0 bridgehead atoms. The third kappa shape index (κ3) is 4.33. The van der Waals surface area contributed by atoms with E-state index in [2.05, 4.69) is 15.9 Å². The van der Waals surface area contributed by atoms with Crippen LogP contribution in [0.3, 0.4) is 0 Å². The molecular weight excluding hydrogens is 371 g/mol. The van der Waals surface area contributed by atoms with E-state index in [4.69, 9.17) is 15.4 Å². The second-order valence-corrected chi connectivity index (χ2v) is 8.95. The van der Waals surface area contributed by atoms with Gasteiger partial charge in [0, 0.05) is 20.6 Å². The van der Waals surface area contributed by atoms with Gasteiger partial charge in [-0.2, -0.15) is 0 Å². The number of rotatable bonds is 5. The zero-order chi connectivity index (χ0) is 14.8. The minimum atomic E-state index is -3.60. The largest absolute Gasteiger partial charge is 0.490 e. The van der Waals surface area contributed by atoms with Gasteiger partial charge in [-0.1, -0.05) is 28.8 Å². The first-order valence-electron chi connectivity index (χ1n) is 6.30. The molecule has 3 nitrogen and oxygen atoms in total. The minimum Gasteiger partial charge on any atom is -0.490 e. The van der Waals surface area contributed by atoms with Crippen LogP contribution in [0.5, 0.6) is 5.75 Å². The maximum atomic E-state index is 13.6. The second-order valence-electron chi connectivity index (χ2n) is 5.25. The van der Waals surface area contributed by atoms with Crippen molar-refractivity contribution in [1.82, 2.24) is 0 Å². The van der Waals surface area contributed by atoms with Crippen molar-refractivity contribution in [3.05, 3.63) is 28.5 Å². The molecule has 0 aromatic heterocycles. The summed E-state index contributed by atoms with van der Waals surface area (Å²) in [6.45, 7) is 0.159. The zero-order valence-corrected chi connectivity index (χ0v) is 13.9. The molecule has 20 heavy (non-hydrogen) atoms. The molecule has 112 valence electrons. The number of hydrogen-bond donors (Lipinski definition) is 0. The fourth-order valence-electron chi connectivity index (χ4n) is 2.64. The highest BCUT2D eigenvalue weighted by atomic mass is 79.9. The molecule has 1 aliphatic rings. The molecule has 7 heteroatoms. The minimum absolute atomic E-state index is 0.123. The maximum absolute atomic E-state index is 13.6. The van der Waals surface area contributed by atoms with Gasteiger partial charge >= 0.3 is 0 Å². The molecule has 1 aromatic rings. The van der Waals surface area contributed by atoms with Crippen LogP contribution in [0.25, 0.3) is 0 Å². The van der Waals surface area contributed by atoms with E-state index in [-0.39, 0.29) is 18.1 Å². The molecule has 1 fully saturated rings. The predicted octanol–water partition coefficient (Wildman–Crippen LogP) is 4.10. The van der Waals surface area contributed by atoms with E-state index in [1.54, 1.807) is 6.07 Å². The molecule has 0 saturated heterocycles. The second kappa shape index (κ2) is 6.20. The highest BCUT2D eigenvalue weighted by molar-refractivity contribution is 9.10. The Bertz CT molecular complexity index is 585. The Kier molecular flexibility index (Phi) is 4.97. The Labute approximate surface area is 131 Å². The number of halogens is 3. The van der Waals surface area contributed by atoms with Gasteiger partial charge in [0.15, 0.2) is 11.6 Å². The van der Waals surface area contributed by atoms with Crippen molar-refractivity contribution in [2.75, 3.05) is 12.4 Å². The van der Waals surface area contributed by atoms with Crippen LogP contribution in [0.4, 0.5) is 4.39 Å². The van der Waals surface area contributed by atoms with Crippen LogP contribution in [0.1, 0.15) is 25.7 Å². The molecule has 0 amide bonds. The highest BCUT2D eigenvalue weighted by Gasteiger charge is 2.38. The summed E-state index contributed by atoms with van der Waals surface area (Å²) >= 11 is 3.25. The smallest absolute Gasteiger partial charge is 0.233 e. The van der Waals surface area contributed by atoms with Crippen molar-refractivity contribution in [1.29, 1.82) is 0 Å². The topological polar surface area (TPSA) is 43.4 Å². The average molecular weight is 386 g/mol. The maximum Gasteiger partial charge on any atom is 0.233 e.